The molecular weight excluding hydrogens is 523 g/mol. The maximum Gasteiger partial charge on any atom is 0.344 e. The molecule has 7 heteroatoms. The van der Waals surface area contributed by atoms with Gasteiger partial charge < -0.3 is 9.73 Å². The molecule has 0 fully saturated rings. The molecule has 0 aliphatic rings. The molecule has 0 aliphatic heterocycles. The third-order valence-electron chi connectivity index (χ3n) is 4.75. The first-order valence-corrected chi connectivity index (χ1v) is 10.9. The molecule has 2 N–H and O–H groups in total. The van der Waals surface area contributed by atoms with Crippen LogP contribution in [-0.4, -0.2) is 11.0 Å². The summed E-state index contributed by atoms with van der Waals surface area (Å²) in [7, 11) is 0. The smallest absolute Gasteiger partial charge is 0.344 e. The molecule has 3 aromatic carbocycles. The van der Waals surface area contributed by atoms with Crippen LogP contribution in [0, 0.1) is 10.5 Å². The van der Waals surface area contributed by atoms with Crippen LogP contribution in [0.4, 0.5) is 5.69 Å². The standard InChI is InChI=1S/C24H17IN2O3S/c1-14-9-10-15(19-12-16-5-2-3-8-21(16)30-23(19)29)13-20(14)26-24(31)27-22(28)17-6-4-7-18(25)11-17/h2-13H,1H3,(H2,26,27,28,31). The van der Waals surface area contributed by atoms with Gasteiger partial charge in [-0.2, -0.15) is 0 Å². The highest BCUT2D eigenvalue weighted by Crippen LogP contribution is 2.26. The molecule has 31 heavy (non-hydrogen) atoms. The maximum absolute atomic E-state index is 12.5. The lowest BCUT2D eigenvalue weighted by Crippen LogP contribution is -2.34. The van der Waals surface area contributed by atoms with Gasteiger partial charge in [0.25, 0.3) is 5.91 Å². The Kier molecular flexibility index (Phi) is 6.15. The molecular formula is C24H17IN2O3S. The molecule has 0 unspecified atom stereocenters. The Bertz CT molecular complexity index is 1380. The number of fused-ring (bicyclic) bond motifs is 1. The highest BCUT2D eigenvalue weighted by Gasteiger charge is 2.12. The van der Waals surface area contributed by atoms with E-state index in [0.29, 0.717) is 28.0 Å². The number of benzene rings is 3. The Labute approximate surface area is 197 Å². The van der Waals surface area contributed by atoms with Crippen molar-refractivity contribution in [2.75, 3.05) is 5.32 Å². The first-order valence-electron chi connectivity index (χ1n) is 9.42. The number of carbonyl (C=O) groups excluding carboxylic acids is 1. The highest BCUT2D eigenvalue weighted by molar-refractivity contribution is 14.1. The Morgan fingerprint density at radius 3 is 2.61 bits per heavy atom. The van der Waals surface area contributed by atoms with E-state index >= 15 is 0 Å². The Balaban J connectivity index is 1.58. The second-order valence-electron chi connectivity index (χ2n) is 6.93. The number of para-hydroxylation sites is 1. The van der Waals surface area contributed by atoms with Crippen LogP contribution < -0.4 is 16.3 Å². The monoisotopic (exact) mass is 540 g/mol. The van der Waals surface area contributed by atoms with Gasteiger partial charge in [-0.1, -0.05) is 36.4 Å². The Morgan fingerprint density at radius 2 is 1.81 bits per heavy atom. The van der Waals surface area contributed by atoms with Gasteiger partial charge >= 0.3 is 5.63 Å². The highest BCUT2D eigenvalue weighted by atomic mass is 127. The number of thiocarbonyl (C=S) groups is 1. The summed E-state index contributed by atoms with van der Waals surface area (Å²) in [6.07, 6.45) is 0. The summed E-state index contributed by atoms with van der Waals surface area (Å²) in [5.74, 6) is -0.292. The van der Waals surface area contributed by atoms with Crippen LogP contribution in [0.1, 0.15) is 15.9 Å². The third-order valence-corrected chi connectivity index (χ3v) is 5.63. The van der Waals surface area contributed by atoms with E-state index in [1.54, 1.807) is 18.2 Å². The summed E-state index contributed by atoms with van der Waals surface area (Å²) in [5.41, 5.74) is 3.41. The molecule has 4 aromatic rings. The van der Waals surface area contributed by atoms with Crippen molar-refractivity contribution in [1.82, 2.24) is 5.32 Å². The van der Waals surface area contributed by atoms with Gasteiger partial charge in [0.2, 0.25) is 0 Å². The molecule has 0 bridgehead atoms. The van der Waals surface area contributed by atoms with Crippen LogP contribution in [0.5, 0.6) is 0 Å². The second-order valence-corrected chi connectivity index (χ2v) is 8.59. The first kappa shape index (κ1) is 21.2. The van der Waals surface area contributed by atoms with Gasteiger partial charge in [0, 0.05) is 20.2 Å². The first-order chi connectivity index (χ1) is 14.9. The minimum Gasteiger partial charge on any atom is -0.422 e. The lowest BCUT2D eigenvalue weighted by Gasteiger charge is -2.13. The molecule has 0 spiro atoms. The van der Waals surface area contributed by atoms with E-state index < -0.39 is 5.63 Å². The molecule has 154 valence electrons. The molecule has 5 nitrogen and oxygen atoms in total. The van der Waals surface area contributed by atoms with Gasteiger partial charge in [-0.3, -0.25) is 10.1 Å². The summed E-state index contributed by atoms with van der Waals surface area (Å²) < 4.78 is 6.41. The third kappa shape index (κ3) is 4.83. The Morgan fingerprint density at radius 1 is 1.00 bits per heavy atom. The minimum atomic E-state index is -0.414. The minimum absolute atomic E-state index is 0.176. The van der Waals surface area contributed by atoms with E-state index in [1.807, 2.05) is 61.5 Å². The van der Waals surface area contributed by atoms with Gasteiger partial charge in [0.15, 0.2) is 5.11 Å². The van der Waals surface area contributed by atoms with Gasteiger partial charge in [0.05, 0.1) is 5.56 Å². The SMILES string of the molecule is Cc1ccc(-c2cc3ccccc3oc2=O)cc1NC(=S)NC(=O)c1cccc(I)c1. The van der Waals surface area contributed by atoms with Crippen LogP contribution in [0.25, 0.3) is 22.1 Å². The van der Waals surface area contributed by atoms with Gasteiger partial charge in [-0.25, -0.2) is 4.79 Å². The molecule has 4 rings (SSSR count). The topological polar surface area (TPSA) is 71.3 Å². The quantitative estimate of drug-likeness (QED) is 0.204. The fourth-order valence-corrected chi connectivity index (χ4v) is 3.89. The fraction of sp³-hybridized carbons (Fsp3) is 0.0417. The van der Waals surface area contributed by atoms with E-state index in [2.05, 4.69) is 33.2 Å². The number of hydrogen-bond acceptors (Lipinski definition) is 4. The van der Waals surface area contributed by atoms with Crippen molar-refractivity contribution in [1.29, 1.82) is 0 Å². The summed E-state index contributed by atoms with van der Waals surface area (Å²) in [6, 6.07) is 22.0. The van der Waals surface area contributed by atoms with Crippen LogP contribution >= 0.6 is 34.8 Å². The molecule has 0 atom stereocenters. The molecule has 1 aromatic heterocycles. The van der Waals surface area contributed by atoms with Crippen molar-refractivity contribution in [3.05, 3.63) is 97.9 Å². The van der Waals surface area contributed by atoms with Crippen molar-refractivity contribution < 1.29 is 9.21 Å². The molecule has 1 heterocycles. The summed E-state index contributed by atoms with van der Waals surface area (Å²) in [6.45, 7) is 1.92. The van der Waals surface area contributed by atoms with E-state index in [0.717, 1.165) is 14.5 Å². The van der Waals surface area contributed by atoms with Crippen LogP contribution in [0.15, 0.2) is 82.0 Å². The second kappa shape index (κ2) is 8.99. The summed E-state index contributed by atoms with van der Waals surface area (Å²) in [4.78, 5) is 25.0. The lowest BCUT2D eigenvalue weighted by atomic mass is 10.0. The van der Waals surface area contributed by atoms with Crippen LogP contribution in [0.3, 0.4) is 0 Å². The van der Waals surface area contributed by atoms with E-state index in [9.17, 15) is 9.59 Å². The molecule has 1 amide bonds. The van der Waals surface area contributed by atoms with Crippen LogP contribution in [-0.2, 0) is 0 Å². The number of halogens is 1. The largest absolute Gasteiger partial charge is 0.422 e. The number of hydrogen-bond donors (Lipinski definition) is 2. The predicted molar refractivity (Wildman–Crippen MR) is 136 cm³/mol. The van der Waals surface area contributed by atoms with Crippen molar-refractivity contribution in [3.63, 3.8) is 0 Å². The van der Waals surface area contributed by atoms with E-state index in [4.69, 9.17) is 16.6 Å². The van der Waals surface area contributed by atoms with Crippen molar-refractivity contribution in [2.24, 2.45) is 0 Å². The average molecular weight is 540 g/mol. The zero-order chi connectivity index (χ0) is 22.0. The molecule has 0 aliphatic carbocycles. The number of amides is 1. The van der Waals surface area contributed by atoms with Gasteiger partial charge in [0.1, 0.15) is 5.58 Å². The predicted octanol–water partition coefficient (Wildman–Crippen LogP) is 5.50. The normalized spacial score (nSPS) is 10.6. The number of nitrogens with one attached hydrogen (secondary N) is 2. The van der Waals surface area contributed by atoms with Crippen molar-refractivity contribution in [2.45, 2.75) is 6.92 Å². The number of aryl methyl sites for hydroxylation is 1. The zero-order valence-corrected chi connectivity index (χ0v) is 19.4. The van der Waals surface area contributed by atoms with Gasteiger partial charge in [-0.15, -0.1) is 0 Å². The van der Waals surface area contributed by atoms with Gasteiger partial charge in [-0.05, 0) is 89.3 Å². The molecule has 0 saturated carbocycles. The van der Waals surface area contributed by atoms with Crippen molar-refractivity contribution >= 4 is 62.5 Å². The molecule has 0 saturated heterocycles. The van der Waals surface area contributed by atoms with E-state index in [1.165, 1.54) is 0 Å². The fourth-order valence-electron chi connectivity index (χ4n) is 3.15. The maximum atomic E-state index is 12.5. The van der Waals surface area contributed by atoms with Crippen LogP contribution in [0.2, 0.25) is 0 Å². The lowest BCUT2D eigenvalue weighted by molar-refractivity contribution is 0.0977. The number of rotatable bonds is 3. The Hall–Kier alpha value is -3.04. The summed E-state index contributed by atoms with van der Waals surface area (Å²) >= 11 is 7.48. The average Bonchev–Trinajstić information content (AvgIpc) is 2.75. The number of anilines is 1. The van der Waals surface area contributed by atoms with Crippen molar-refractivity contribution in [3.8, 4) is 11.1 Å². The molecule has 0 radical (unpaired) electrons. The number of carbonyl (C=O) groups is 1. The zero-order valence-electron chi connectivity index (χ0n) is 16.4. The summed E-state index contributed by atoms with van der Waals surface area (Å²) in [5, 5.41) is 6.76. The van der Waals surface area contributed by atoms with E-state index in [-0.39, 0.29) is 11.0 Å².